The van der Waals surface area contributed by atoms with Crippen molar-refractivity contribution in [3.05, 3.63) is 24.0 Å². The number of H-pyrrole nitrogens is 1. The van der Waals surface area contributed by atoms with E-state index in [1.165, 1.54) is 5.69 Å². The molecule has 0 radical (unpaired) electrons. The van der Waals surface area contributed by atoms with Crippen LogP contribution in [0.1, 0.15) is 12.1 Å². The van der Waals surface area contributed by atoms with E-state index in [1.54, 1.807) is 0 Å². The van der Waals surface area contributed by atoms with Crippen molar-refractivity contribution in [3.8, 4) is 0 Å². The molecule has 0 aliphatic carbocycles. The van der Waals surface area contributed by atoms with Crippen LogP contribution in [0, 0.1) is 5.92 Å². The number of nitrogens with zero attached hydrogens (tertiary/aromatic N) is 1. The standard InChI is InChI=1S/C11H15ClN2O/c12-7-9-6-11(15)14(8-9)5-3-10-2-1-4-13-10/h1-2,4,9,13H,3,5-8H2. The van der Waals surface area contributed by atoms with Crippen LogP contribution >= 0.6 is 11.6 Å². The SMILES string of the molecule is O=C1CC(CCl)CN1CCc1ccc[nH]1. The van der Waals surface area contributed by atoms with Crippen molar-refractivity contribution in [2.45, 2.75) is 12.8 Å². The van der Waals surface area contributed by atoms with Gasteiger partial charge in [-0.3, -0.25) is 4.79 Å². The molecule has 2 rings (SSSR count). The van der Waals surface area contributed by atoms with Gasteiger partial charge in [0.15, 0.2) is 0 Å². The van der Waals surface area contributed by atoms with E-state index in [1.807, 2.05) is 23.2 Å². The molecule has 0 spiro atoms. The van der Waals surface area contributed by atoms with Gasteiger partial charge in [0, 0.05) is 43.7 Å². The quantitative estimate of drug-likeness (QED) is 0.779. The van der Waals surface area contributed by atoms with Gasteiger partial charge in [-0.1, -0.05) is 0 Å². The van der Waals surface area contributed by atoms with Crippen LogP contribution in [0.15, 0.2) is 18.3 Å². The fourth-order valence-electron chi connectivity index (χ4n) is 1.95. The zero-order valence-corrected chi connectivity index (χ0v) is 9.33. The highest BCUT2D eigenvalue weighted by Gasteiger charge is 2.28. The lowest BCUT2D eigenvalue weighted by molar-refractivity contribution is -0.127. The molecule has 1 unspecified atom stereocenters. The molecule has 0 aromatic carbocycles. The Morgan fingerprint density at radius 3 is 3.07 bits per heavy atom. The van der Waals surface area contributed by atoms with Crippen LogP contribution in [-0.4, -0.2) is 34.8 Å². The zero-order valence-electron chi connectivity index (χ0n) is 8.58. The molecule has 3 nitrogen and oxygen atoms in total. The Labute approximate surface area is 94.4 Å². The van der Waals surface area contributed by atoms with Crippen LogP contribution in [0.2, 0.25) is 0 Å². The second-order valence-corrected chi connectivity index (χ2v) is 4.32. The van der Waals surface area contributed by atoms with Gasteiger partial charge in [0.1, 0.15) is 0 Å². The molecule has 1 aliphatic rings. The number of aromatic nitrogens is 1. The lowest BCUT2D eigenvalue weighted by atomic mass is 10.1. The molecule has 0 bridgehead atoms. The molecule has 82 valence electrons. The predicted molar refractivity (Wildman–Crippen MR) is 59.9 cm³/mol. The number of alkyl halides is 1. The van der Waals surface area contributed by atoms with Crippen molar-refractivity contribution in [2.24, 2.45) is 5.92 Å². The van der Waals surface area contributed by atoms with E-state index in [0.717, 1.165) is 19.5 Å². The number of hydrogen-bond acceptors (Lipinski definition) is 1. The summed E-state index contributed by atoms with van der Waals surface area (Å²) in [6.45, 7) is 1.62. The number of aromatic amines is 1. The Morgan fingerprint density at radius 2 is 2.47 bits per heavy atom. The van der Waals surface area contributed by atoms with Gasteiger partial charge in [-0.2, -0.15) is 0 Å². The zero-order chi connectivity index (χ0) is 10.7. The van der Waals surface area contributed by atoms with Gasteiger partial charge in [-0.05, 0) is 18.1 Å². The summed E-state index contributed by atoms with van der Waals surface area (Å²) in [6.07, 6.45) is 3.42. The summed E-state index contributed by atoms with van der Waals surface area (Å²) in [5.74, 6) is 1.18. The van der Waals surface area contributed by atoms with Gasteiger partial charge < -0.3 is 9.88 Å². The largest absolute Gasteiger partial charge is 0.365 e. The van der Waals surface area contributed by atoms with Crippen LogP contribution < -0.4 is 0 Å². The van der Waals surface area contributed by atoms with E-state index in [0.29, 0.717) is 18.2 Å². The minimum atomic E-state index is 0.243. The molecule has 1 fully saturated rings. The summed E-state index contributed by atoms with van der Waals surface area (Å²) < 4.78 is 0. The first-order chi connectivity index (χ1) is 7.29. The highest BCUT2D eigenvalue weighted by molar-refractivity contribution is 6.18. The molecule has 4 heteroatoms. The summed E-state index contributed by atoms with van der Waals surface area (Å²) in [5.41, 5.74) is 1.18. The normalized spacial score (nSPS) is 21.3. The Kier molecular flexibility index (Phi) is 3.31. The lowest BCUT2D eigenvalue weighted by Gasteiger charge is -2.15. The van der Waals surface area contributed by atoms with Crippen LogP contribution in [0.3, 0.4) is 0 Å². The Bertz CT molecular complexity index is 323. The number of likely N-dealkylation sites (tertiary alicyclic amines) is 1. The van der Waals surface area contributed by atoms with Crippen molar-refractivity contribution < 1.29 is 4.79 Å². The molecule has 1 aromatic rings. The second kappa shape index (κ2) is 4.71. The number of amides is 1. The van der Waals surface area contributed by atoms with Gasteiger partial charge in [-0.25, -0.2) is 0 Å². The second-order valence-electron chi connectivity index (χ2n) is 4.01. The molecule has 0 saturated carbocycles. The third-order valence-corrected chi connectivity index (χ3v) is 3.26. The van der Waals surface area contributed by atoms with E-state index in [2.05, 4.69) is 4.98 Å². The fourth-order valence-corrected chi connectivity index (χ4v) is 2.16. The maximum atomic E-state index is 11.6. The van der Waals surface area contributed by atoms with Crippen LogP contribution in [-0.2, 0) is 11.2 Å². The predicted octanol–water partition coefficient (Wildman–Crippen LogP) is 1.64. The van der Waals surface area contributed by atoms with Gasteiger partial charge in [-0.15, -0.1) is 11.6 Å². The number of halogens is 1. The third kappa shape index (κ3) is 2.53. The lowest BCUT2D eigenvalue weighted by Crippen LogP contribution is -2.27. The van der Waals surface area contributed by atoms with Gasteiger partial charge in [0.25, 0.3) is 0 Å². The van der Waals surface area contributed by atoms with E-state index in [9.17, 15) is 4.79 Å². The molecule has 1 atom stereocenters. The van der Waals surface area contributed by atoms with Crippen LogP contribution in [0.5, 0.6) is 0 Å². The van der Waals surface area contributed by atoms with E-state index >= 15 is 0 Å². The first kappa shape index (κ1) is 10.6. The number of nitrogens with one attached hydrogen (secondary N) is 1. The van der Waals surface area contributed by atoms with E-state index < -0.39 is 0 Å². The maximum absolute atomic E-state index is 11.6. The molecule has 1 N–H and O–H groups in total. The molecule has 2 heterocycles. The first-order valence-corrected chi connectivity index (χ1v) is 5.79. The smallest absolute Gasteiger partial charge is 0.222 e. The molecule has 1 amide bonds. The molecule has 15 heavy (non-hydrogen) atoms. The summed E-state index contributed by atoms with van der Waals surface area (Å²) in [5, 5.41) is 0. The molecular weight excluding hydrogens is 212 g/mol. The summed E-state index contributed by atoms with van der Waals surface area (Å²) in [7, 11) is 0. The van der Waals surface area contributed by atoms with Crippen molar-refractivity contribution in [1.82, 2.24) is 9.88 Å². The van der Waals surface area contributed by atoms with E-state index in [-0.39, 0.29) is 5.91 Å². The van der Waals surface area contributed by atoms with Crippen LogP contribution in [0.4, 0.5) is 0 Å². The average molecular weight is 227 g/mol. The Morgan fingerprint density at radius 1 is 1.60 bits per heavy atom. The fraction of sp³-hybridized carbons (Fsp3) is 0.545. The monoisotopic (exact) mass is 226 g/mol. The van der Waals surface area contributed by atoms with Crippen molar-refractivity contribution in [3.63, 3.8) is 0 Å². The maximum Gasteiger partial charge on any atom is 0.222 e. The van der Waals surface area contributed by atoms with Crippen molar-refractivity contribution >= 4 is 17.5 Å². The topological polar surface area (TPSA) is 36.1 Å². The Balaban J connectivity index is 1.83. The van der Waals surface area contributed by atoms with Crippen LogP contribution in [0.25, 0.3) is 0 Å². The third-order valence-electron chi connectivity index (χ3n) is 2.83. The van der Waals surface area contributed by atoms with Crippen molar-refractivity contribution in [1.29, 1.82) is 0 Å². The average Bonchev–Trinajstić information content (AvgIpc) is 2.84. The molecule has 1 saturated heterocycles. The van der Waals surface area contributed by atoms with Crippen molar-refractivity contribution in [2.75, 3.05) is 19.0 Å². The number of carbonyl (C=O) groups is 1. The minimum absolute atomic E-state index is 0.243. The van der Waals surface area contributed by atoms with Gasteiger partial charge in [0.2, 0.25) is 5.91 Å². The highest BCUT2D eigenvalue weighted by atomic mass is 35.5. The number of carbonyl (C=O) groups excluding carboxylic acids is 1. The summed E-state index contributed by atoms with van der Waals surface area (Å²) >= 11 is 5.75. The number of rotatable bonds is 4. The molecular formula is C11H15ClN2O. The highest BCUT2D eigenvalue weighted by Crippen LogP contribution is 2.18. The minimum Gasteiger partial charge on any atom is -0.365 e. The van der Waals surface area contributed by atoms with E-state index in [4.69, 9.17) is 11.6 Å². The van der Waals surface area contributed by atoms with Gasteiger partial charge in [0.05, 0.1) is 0 Å². The van der Waals surface area contributed by atoms with Gasteiger partial charge >= 0.3 is 0 Å². The molecule has 1 aromatic heterocycles. The molecule has 1 aliphatic heterocycles. The Hall–Kier alpha value is -0.960. The first-order valence-electron chi connectivity index (χ1n) is 5.25. The summed E-state index contributed by atoms with van der Waals surface area (Å²) in [6, 6.07) is 4.02. The summed E-state index contributed by atoms with van der Waals surface area (Å²) in [4.78, 5) is 16.6. The number of hydrogen-bond donors (Lipinski definition) is 1.